The molecule has 0 atom stereocenters. The molecule has 5 aromatic rings. The van der Waals surface area contributed by atoms with Crippen molar-refractivity contribution in [2.75, 3.05) is 0 Å². The van der Waals surface area contributed by atoms with Crippen LogP contribution in [0.3, 0.4) is 0 Å². The van der Waals surface area contributed by atoms with Crippen LogP contribution >= 0.6 is 0 Å². The molecule has 0 radical (unpaired) electrons. The molecule has 0 aliphatic heterocycles. The highest BCUT2D eigenvalue weighted by Crippen LogP contribution is 2.41. The minimum absolute atomic E-state index is 0.0482. The molecule has 0 aliphatic carbocycles. The summed E-state index contributed by atoms with van der Waals surface area (Å²) < 4.78 is 68.2. The first-order chi connectivity index (χ1) is 14.2. The summed E-state index contributed by atoms with van der Waals surface area (Å²) in [6.45, 7) is 0. The van der Waals surface area contributed by atoms with Crippen LogP contribution in [-0.2, 0) is 20.2 Å². The lowest BCUT2D eigenvalue weighted by molar-refractivity contribution is 0.468. The van der Waals surface area contributed by atoms with E-state index in [2.05, 4.69) is 0 Å². The van der Waals surface area contributed by atoms with E-state index in [4.69, 9.17) is 0 Å². The minimum atomic E-state index is -5.00. The Morgan fingerprint density at radius 1 is 0.533 bits per heavy atom. The minimum Gasteiger partial charge on any atom is -0.282 e. The topological polar surface area (TPSA) is 109 Å². The molecular weight excluding hydrogens is 424 g/mol. The monoisotopic (exact) mass is 438 g/mol. The van der Waals surface area contributed by atoms with Crippen LogP contribution in [0.1, 0.15) is 0 Å². The van der Waals surface area contributed by atoms with E-state index in [-0.39, 0.29) is 5.39 Å². The predicted molar refractivity (Wildman–Crippen MR) is 116 cm³/mol. The van der Waals surface area contributed by atoms with Gasteiger partial charge in [-0.15, -0.1) is 0 Å². The predicted octanol–water partition coefficient (Wildman–Crippen LogP) is 4.79. The second-order valence-corrected chi connectivity index (χ2v) is 9.80. The third-order valence-electron chi connectivity index (χ3n) is 5.32. The normalized spacial score (nSPS) is 12.9. The summed E-state index contributed by atoms with van der Waals surface area (Å²) in [6, 6.07) is 21.0. The molecule has 0 aliphatic rings. The van der Waals surface area contributed by atoms with Crippen LogP contribution in [0.4, 0.5) is 0 Å². The third kappa shape index (κ3) is 2.77. The molecular formula is C22H14O6S2. The molecule has 5 rings (SSSR count). The number of benzene rings is 5. The number of fused-ring (bicyclic) bond motifs is 7. The van der Waals surface area contributed by atoms with E-state index in [0.717, 1.165) is 22.2 Å². The average Bonchev–Trinajstić information content (AvgIpc) is 2.70. The molecule has 0 amide bonds. The Bertz CT molecular complexity index is 1740. The number of hydrogen-bond acceptors (Lipinski definition) is 4. The lowest BCUT2D eigenvalue weighted by atomic mass is 9.92. The molecule has 5 aromatic carbocycles. The average molecular weight is 438 g/mol. The highest BCUT2D eigenvalue weighted by atomic mass is 32.2. The van der Waals surface area contributed by atoms with Gasteiger partial charge in [0, 0.05) is 5.39 Å². The maximum Gasteiger partial charge on any atom is 0.296 e. The smallest absolute Gasteiger partial charge is 0.282 e. The summed E-state index contributed by atoms with van der Waals surface area (Å²) in [5.41, 5.74) is 0. The Labute approximate surface area is 171 Å². The Balaban J connectivity index is 2.22. The van der Waals surface area contributed by atoms with Gasteiger partial charge in [0.05, 0.1) is 0 Å². The lowest BCUT2D eigenvalue weighted by Gasteiger charge is -2.15. The van der Waals surface area contributed by atoms with E-state index in [1.165, 1.54) is 6.07 Å². The third-order valence-corrected chi connectivity index (χ3v) is 7.29. The molecule has 0 spiro atoms. The Morgan fingerprint density at radius 3 is 1.63 bits per heavy atom. The quantitative estimate of drug-likeness (QED) is 0.233. The van der Waals surface area contributed by atoms with Crippen LogP contribution in [0.2, 0.25) is 0 Å². The molecule has 0 heterocycles. The summed E-state index contributed by atoms with van der Waals surface area (Å²) in [5.74, 6) is 0. The Hall–Kier alpha value is -3.04. The second-order valence-electron chi connectivity index (χ2n) is 7.06. The van der Waals surface area contributed by atoms with E-state index in [0.29, 0.717) is 21.5 Å². The van der Waals surface area contributed by atoms with Gasteiger partial charge in [0.15, 0.2) is 0 Å². The van der Waals surface area contributed by atoms with Gasteiger partial charge >= 0.3 is 0 Å². The summed E-state index contributed by atoms with van der Waals surface area (Å²) in [7, 11) is -9.91. The van der Waals surface area contributed by atoms with Crippen molar-refractivity contribution in [3.8, 4) is 0 Å². The highest BCUT2D eigenvalue weighted by Gasteiger charge is 2.28. The first-order valence-electron chi connectivity index (χ1n) is 8.91. The first-order valence-corrected chi connectivity index (χ1v) is 11.8. The fourth-order valence-corrected chi connectivity index (χ4v) is 6.15. The molecule has 0 fully saturated rings. The molecule has 0 saturated carbocycles. The van der Waals surface area contributed by atoms with Gasteiger partial charge in [-0.2, -0.15) is 16.8 Å². The number of hydrogen-bond donors (Lipinski definition) is 2. The maximum atomic E-state index is 12.3. The maximum absolute atomic E-state index is 12.3. The van der Waals surface area contributed by atoms with Crippen LogP contribution in [0.25, 0.3) is 43.1 Å². The lowest BCUT2D eigenvalue weighted by Crippen LogP contribution is -2.09. The van der Waals surface area contributed by atoms with Crippen molar-refractivity contribution in [2.24, 2.45) is 0 Å². The SMILES string of the molecule is O=S(=O)(O)c1ccc2c3ccccc3c3cc4ccccc4cc3c2c1S(=O)(=O)O. The van der Waals surface area contributed by atoms with Crippen molar-refractivity contribution >= 4 is 63.3 Å². The fourth-order valence-electron chi connectivity index (χ4n) is 4.14. The molecule has 6 nitrogen and oxygen atoms in total. The van der Waals surface area contributed by atoms with Gasteiger partial charge in [0.2, 0.25) is 0 Å². The van der Waals surface area contributed by atoms with Crippen molar-refractivity contribution in [2.45, 2.75) is 9.79 Å². The van der Waals surface area contributed by atoms with Crippen molar-refractivity contribution < 1.29 is 25.9 Å². The van der Waals surface area contributed by atoms with Crippen LogP contribution in [0.5, 0.6) is 0 Å². The standard InChI is InChI=1S/C22H14O6S2/c23-29(24,25)20-10-9-17-15-7-3-4-8-16(15)18-11-13-5-1-2-6-14(13)12-19(18)21(17)22(20)30(26,27)28/h1-12H,(H,23,24,25)(H,26,27,28). The summed E-state index contributed by atoms with van der Waals surface area (Å²) in [5, 5.41) is 4.96. The first kappa shape index (κ1) is 19.0. The zero-order valence-corrected chi connectivity index (χ0v) is 16.9. The zero-order chi connectivity index (χ0) is 21.3. The molecule has 0 bridgehead atoms. The summed E-state index contributed by atoms with van der Waals surface area (Å²) >= 11 is 0. The molecule has 0 unspecified atom stereocenters. The van der Waals surface area contributed by atoms with Gasteiger partial charge in [0.25, 0.3) is 20.2 Å². The molecule has 0 aromatic heterocycles. The molecule has 2 N–H and O–H groups in total. The van der Waals surface area contributed by atoms with E-state index >= 15 is 0 Å². The van der Waals surface area contributed by atoms with E-state index in [9.17, 15) is 25.9 Å². The van der Waals surface area contributed by atoms with Crippen LogP contribution in [0.15, 0.2) is 82.6 Å². The van der Waals surface area contributed by atoms with Gasteiger partial charge in [-0.05, 0) is 55.9 Å². The van der Waals surface area contributed by atoms with Crippen molar-refractivity contribution in [3.05, 3.63) is 72.8 Å². The van der Waals surface area contributed by atoms with Gasteiger partial charge < -0.3 is 0 Å². The van der Waals surface area contributed by atoms with E-state index in [1.807, 2.05) is 42.5 Å². The van der Waals surface area contributed by atoms with Gasteiger partial charge in [-0.25, -0.2) is 0 Å². The fraction of sp³-hybridized carbons (Fsp3) is 0. The zero-order valence-electron chi connectivity index (χ0n) is 15.3. The van der Waals surface area contributed by atoms with Gasteiger partial charge in [-0.3, -0.25) is 9.11 Å². The Morgan fingerprint density at radius 2 is 1.07 bits per heavy atom. The van der Waals surface area contributed by atoms with Gasteiger partial charge in [-0.1, -0.05) is 54.6 Å². The molecule has 8 heteroatoms. The molecule has 0 saturated heterocycles. The van der Waals surface area contributed by atoms with Crippen LogP contribution in [-0.4, -0.2) is 25.9 Å². The van der Waals surface area contributed by atoms with E-state index in [1.54, 1.807) is 18.2 Å². The van der Waals surface area contributed by atoms with E-state index < -0.39 is 30.0 Å². The summed E-state index contributed by atoms with van der Waals surface area (Å²) in [6.07, 6.45) is 0. The Kier molecular flexibility index (Phi) is 3.93. The van der Waals surface area contributed by atoms with Crippen molar-refractivity contribution in [1.82, 2.24) is 0 Å². The van der Waals surface area contributed by atoms with Crippen LogP contribution < -0.4 is 0 Å². The van der Waals surface area contributed by atoms with Crippen molar-refractivity contribution in [3.63, 3.8) is 0 Å². The largest absolute Gasteiger partial charge is 0.296 e. The highest BCUT2D eigenvalue weighted by molar-refractivity contribution is 7.89. The molecule has 30 heavy (non-hydrogen) atoms. The van der Waals surface area contributed by atoms with Crippen LogP contribution in [0, 0.1) is 0 Å². The van der Waals surface area contributed by atoms with Gasteiger partial charge in [0.1, 0.15) is 9.79 Å². The second kappa shape index (κ2) is 6.23. The summed E-state index contributed by atoms with van der Waals surface area (Å²) in [4.78, 5) is -1.68. The van der Waals surface area contributed by atoms with Crippen molar-refractivity contribution in [1.29, 1.82) is 0 Å². The molecule has 150 valence electrons. The number of rotatable bonds is 2.